The first-order valence-corrected chi connectivity index (χ1v) is 11.9. The van der Waals surface area contributed by atoms with Crippen molar-refractivity contribution in [3.8, 4) is 17.2 Å². The summed E-state index contributed by atoms with van der Waals surface area (Å²) < 4.78 is 16.9. The zero-order valence-corrected chi connectivity index (χ0v) is 19.7. The number of halogens is 1. The third-order valence-electron chi connectivity index (χ3n) is 7.25. The van der Waals surface area contributed by atoms with Gasteiger partial charge in [-0.3, -0.25) is 4.90 Å². The zero-order valence-electron chi connectivity index (χ0n) is 19.7. The third-order valence-corrected chi connectivity index (χ3v) is 7.25. The molecule has 7 heteroatoms. The number of nitrogens with one attached hydrogen (secondary N) is 1. The van der Waals surface area contributed by atoms with E-state index in [1.165, 1.54) is 17.3 Å². The average Bonchev–Trinajstić information content (AvgIpc) is 3.20. The lowest BCUT2D eigenvalue weighted by atomic mass is 9.83. The Morgan fingerprint density at radius 2 is 1.97 bits per heavy atom. The van der Waals surface area contributed by atoms with E-state index in [2.05, 4.69) is 43.0 Å². The van der Waals surface area contributed by atoms with E-state index >= 15 is 0 Å². The van der Waals surface area contributed by atoms with Crippen LogP contribution in [0.25, 0.3) is 22.2 Å². The van der Waals surface area contributed by atoms with E-state index in [4.69, 9.17) is 5.26 Å². The van der Waals surface area contributed by atoms with Gasteiger partial charge in [-0.1, -0.05) is 11.6 Å². The molecule has 0 spiro atoms. The number of aromatic nitrogens is 3. The normalized spacial score (nSPS) is 17.4. The highest BCUT2D eigenvalue weighted by Crippen LogP contribution is 2.34. The van der Waals surface area contributed by atoms with Crippen LogP contribution in [-0.4, -0.2) is 39.6 Å². The zero-order chi connectivity index (χ0) is 23.7. The summed E-state index contributed by atoms with van der Waals surface area (Å²) in [5.74, 6) is 0.826. The van der Waals surface area contributed by atoms with Gasteiger partial charge in [0, 0.05) is 61.3 Å². The smallest absolute Gasteiger partial charge is 0.140 e. The van der Waals surface area contributed by atoms with Crippen LogP contribution in [-0.2, 0) is 13.6 Å². The minimum Gasteiger partial charge on any atom is -0.373 e. The molecule has 4 heterocycles. The number of aryl methyl sites for hydroxylation is 1. The summed E-state index contributed by atoms with van der Waals surface area (Å²) in [4.78, 5) is 11.4. The van der Waals surface area contributed by atoms with Crippen LogP contribution in [0.4, 0.5) is 10.2 Å². The van der Waals surface area contributed by atoms with Gasteiger partial charge in [-0.25, -0.2) is 14.4 Å². The Morgan fingerprint density at radius 1 is 1.15 bits per heavy atom. The largest absolute Gasteiger partial charge is 0.373 e. The van der Waals surface area contributed by atoms with Gasteiger partial charge in [-0.05, 0) is 68.5 Å². The minimum atomic E-state index is -0.298. The van der Waals surface area contributed by atoms with Gasteiger partial charge < -0.3 is 9.88 Å². The van der Waals surface area contributed by atoms with Crippen molar-refractivity contribution in [2.75, 3.05) is 25.5 Å². The number of nitrogens with zero attached hydrogens (tertiary/aromatic N) is 5. The van der Waals surface area contributed by atoms with Gasteiger partial charge in [-0.15, -0.1) is 0 Å². The maximum atomic E-state index is 14.8. The molecule has 5 rings (SSSR count). The molecule has 174 valence electrons. The van der Waals surface area contributed by atoms with Gasteiger partial charge in [0.1, 0.15) is 17.3 Å². The number of allylic oxidation sites excluding steroid dienone is 4. The lowest BCUT2D eigenvalue weighted by Crippen LogP contribution is -2.34. The number of fused-ring (bicyclic) bond motifs is 1. The van der Waals surface area contributed by atoms with Gasteiger partial charge in [0.15, 0.2) is 0 Å². The van der Waals surface area contributed by atoms with Gasteiger partial charge in [-0.2, -0.15) is 5.26 Å². The van der Waals surface area contributed by atoms with Gasteiger partial charge in [0.2, 0.25) is 0 Å². The van der Waals surface area contributed by atoms with Crippen LogP contribution in [0.2, 0.25) is 0 Å². The highest BCUT2D eigenvalue weighted by atomic mass is 19.1. The van der Waals surface area contributed by atoms with Gasteiger partial charge in [0.05, 0.1) is 6.07 Å². The minimum absolute atomic E-state index is 0.298. The molecule has 0 unspecified atom stereocenters. The van der Waals surface area contributed by atoms with Crippen LogP contribution in [0.3, 0.4) is 0 Å². The number of piperidine rings is 1. The summed E-state index contributed by atoms with van der Waals surface area (Å²) in [6, 6.07) is 7.71. The lowest BCUT2D eigenvalue weighted by molar-refractivity contribution is 0.186. The Hall–Kier alpha value is -3.50. The number of hydrogen-bond acceptors (Lipinski definition) is 5. The molecule has 0 atom stereocenters. The molecule has 2 aliphatic rings. The molecule has 3 aromatic heterocycles. The van der Waals surface area contributed by atoms with Crippen molar-refractivity contribution in [3.63, 3.8) is 0 Å². The van der Waals surface area contributed by atoms with Crippen molar-refractivity contribution in [1.29, 1.82) is 5.26 Å². The molecular formula is C27H29FN6. The first-order valence-electron chi connectivity index (χ1n) is 11.9. The van der Waals surface area contributed by atoms with Crippen molar-refractivity contribution < 1.29 is 4.39 Å². The van der Waals surface area contributed by atoms with E-state index in [1.54, 1.807) is 19.4 Å². The lowest BCUT2D eigenvalue weighted by Gasteiger charge is -2.33. The van der Waals surface area contributed by atoms with Crippen molar-refractivity contribution >= 4 is 16.9 Å². The molecule has 1 aliphatic heterocycles. The Labute approximate surface area is 199 Å². The fourth-order valence-electron chi connectivity index (χ4n) is 5.20. The second-order valence-electron chi connectivity index (χ2n) is 9.19. The Morgan fingerprint density at radius 3 is 2.65 bits per heavy atom. The molecule has 0 aromatic carbocycles. The molecular weight excluding hydrogens is 427 g/mol. The van der Waals surface area contributed by atoms with Crippen LogP contribution in [0.5, 0.6) is 0 Å². The number of rotatable bonds is 5. The maximum Gasteiger partial charge on any atom is 0.140 e. The summed E-state index contributed by atoms with van der Waals surface area (Å²) >= 11 is 0. The van der Waals surface area contributed by atoms with Crippen molar-refractivity contribution in [1.82, 2.24) is 19.4 Å². The highest BCUT2D eigenvalue weighted by molar-refractivity contribution is 5.94. The highest BCUT2D eigenvalue weighted by Gasteiger charge is 2.24. The molecule has 1 fully saturated rings. The predicted octanol–water partition coefficient (Wildman–Crippen LogP) is 5.20. The molecule has 0 saturated carbocycles. The molecule has 1 saturated heterocycles. The molecule has 6 nitrogen and oxygen atoms in total. The van der Waals surface area contributed by atoms with Crippen LogP contribution in [0, 0.1) is 23.1 Å². The topological polar surface area (TPSA) is 69.8 Å². The molecule has 0 bridgehead atoms. The quantitative estimate of drug-likeness (QED) is 0.572. The SMILES string of the molecule is CNc1cc(F)c(-c2ccnc3c2cc(CN2CCC(C4=CC=C(C#N)CC4)CC2)n3C)cn1. The molecule has 0 amide bonds. The van der Waals surface area contributed by atoms with E-state index in [0.29, 0.717) is 17.3 Å². The van der Waals surface area contributed by atoms with E-state index in [-0.39, 0.29) is 5.82 Å². The molecule has 0 radical (unpaired) electrons. The van der Waals surface area contributed by atoms with E-state index in [1.807, 2.05) is 19.2 Å². The predicted molar refractivity (Wildman–Crippen MR) is 132 cm³/mol. The van der Waals surface area contributed by atoms with Gasteiger partial charge in [0.25, 0.3) is 0 Å². The van der Waals surface area contributed by atoms with E-state index < -0.39 is 0 Å². The van der Waals surface area contributed by atoms with Gasteiger partial charge >= 0.3 is 0 Å². The second-order valence-corrected chi connectivity index (χ2v) is 9.19. The van der Waals surface area contributed by atoms with Crippen LogP contribution < -0.4 is 5.32 Å². The van der Waals surface area contributed by atoms with Crippen molar-refractivity contribution in [2.45, 2.75) is 32.2 Å². The van der Waals surface area contributed by atoms with Crippen molar-refractivity contribution in [2.24, 2.45) is 13.0 Å². The van der Waals surface area contributed by atoms with Crippen LogP contribution in [0.15, 0.2) is 53.9 Å². The van der Waals surface area contributed by atoms with E-state index in [0.717, 1.165) is 67.5 Å². The molecule has 34 heavy (non-hydrogen) atoms. The molecule has 1 N–H and O–H groups in total. The first kappa shape index (κ1) is 22.3. The fourth-order valence-corrected chi connectivity index (χ4v) is 5.20. The van der Waals surface area contributed by atoms with Crippen molar-refractivity contribution in [3.05, 3.63) is 65.4 Å². The molecule has 3 aromatic rings. The molecule has 1 aliphatic carbocycles. The Balaban J connectivity index is 1.33. The summed E-state index contributed by atoms with van der Waals surface area (Å²) in [5.41, 5.74) is 5.71. The fraction of sp³-hybridized carbons (Fsp3) is 0.370. The van der Waals surface area contributed by atoms with Crippen LogP contribution in [0.1, 0.15) is 31.4 Å². The summed E-state index contributed by atoms with van der Waals surface area (Å²) in [6.07, 6.45) is 11.7. The number of pyridine rings is 2. The summed E-state index contributed by atoms with van der Waals surface area (Å²) in [5, 5.41) is 12.9. The summed E-state index contributed by atoms with van der Waals surface area (Å²) in [7, 11) is 3.76. The maximum absolute atomic E-state index is 14.8. The van der Waals surface area contributed by atoms with E-state index in [9.17, 15) is 4.39 Å². The number of likely N-dealkylation sites (tertiary alicyclic amines) is 1. The average molecular weight is 457 g/mol. The Kier molecular flexibility index (Phi) is 6.16. The third kappa shape index (κ3) is 4.22. The number of nitriles is 1. The Bertz CT molecular complexity index is 1320. The van der Waals surface area contributed by atoms with Crippen LogP contribution >= 0.6 is 0 Å². The standard InChI is InChI=1S/C27H29FN6/c1-30-26-14-25(28)24(16-32-26)22-7-10-31-27-23(22)13-21(33(27)2)17-34-11-8-20(9-12-34)19-5-3-18(15-29)4-6-19/h3,5,7,10,13-14,16,20H,4,6,8-9,11-12,17H2,1-2H3,(H,30,32). The summed E-state index contributed by atoms with van der Waals surface area (Å²) in [6.45, 7) is 2.93. The second kappa shape index (κ2) is 9.40. The first-order chi connectivity index (χ1) is 16.6. The number of anilines is 1. The number of hydrogen-bond donors (Lipinski definition) is 1. The monoisotopic (exact) mass is 456 g/mol.